The summed E-state index contributed by atoms with van der Waals surface area (Å²) < 4.78 is 31.8. The molecule has 8 heteroatoms. The van der Waals surface area contributed by atoms with E-state index in [1.54, 1.807) is 6.92 Å². The molecule has 4 N–H and O–H groups in total. The lowest BCUT2D eigenvalue weighted by Crippen LogP contribution is -2.27. The fourth-order valence-electron chi connectivity index (χ4n) is 1.56. The summed E-state index contributed by atoms with van der Waals surface area (Å²) in [5.74, 6) is 0. The molecule has 0 bridgehead atoms. The van der Waals surface area contributed by atoms with E-state index >= 15 is 0 Å². The smallest absolute Gasteiger partial charge is 0.244 e. The standard InChI is InChI=1S/C10H20N4O3S/c1-3-17-6-4-5-12-18(15,16)10-8(2)13-14-9(10)7-11/h12H,3-7,11H2,1-2H3,(H,13,14). The van der Waals surface area contributed by atoms with Crippen molar-refractivity contribution in [2.24, 2.45) is 5.73 Å². The summed E-state index contributed by atoms with van der Waals surface area (Å²) >= 11 is 0. The summed E-state index contributed by atoms with van der Waals surface area (Å²) in [4.78, 5) is 0.154. The molecule has 0 amide bonds. The molecule has 1 rings (SSSR count). The molecule has 0 saturated carbocycles. The van der Waals surface area contributed by atoms with E-state index in [0.717, 1.165) is 0 Å². The first-order valence-electron chi connectivity index (χ1n) is 5.84. The van der Waals surface area contributed by atoms with E-state index in [4.69, 9.17) is 10.5 Å². The molecule has 0 aliphatic heterocycles. The van der Waals surface area contributed by atoms with Crippen LogP contribution in [-0.2, 0) is 21.3 Å². The van der Waals surface area contributed by atoms with E-state index in [9.17, 15) is 8.42 Å². The van der Waals surface area contributed by atoms with Gasteiger partial charge >= 0.3 is 0 Å². The van der Waals surface area contributed by atoms with Gasteiger partial charge in [0.25, 0.3) is 0 Å². The molecular weight excluding hydrogens is 256 g/mol. The Morgan fingerprint density at radius 2 is 2.22 bits per heavy atom. The number of H-pyrrole nitrogens is 1. The molecule has 104 valence electrons. The van der Waals surface area contributed by atoms with Crippen LogP contribution in [0, 0.1) is 6.92 Å². The van der Waals surface area contributed by atoms with E-state index in [2.05, 4.69) is 14.9 Å². The zero-order valence-corrected chi connectivity index (χ0v) is 11.5. The number of ether oxygens (including phenoxy) is 1. The number of nitrogens with two attached hydrogens (primary N) is 1. The van der Waals surface area contributed by atoms with Crippen LogP contribution in [0.1, 0.15) is 24.7 Å². The summed E-state index contributed by atoms with van der Waals surface area (Å²) in [5, 5.41) is 6.50. The second kappa shape index (κ2) is 6.83. The minimum Gasteiger partial charge on any atom is -0.382 e. The van der Waals surface area contributed by atoms with Gasteiger partial charge in [-0.05, 0) is 20.3 Å². The Balaban J connectivity index is 2.65. The number of aryl methyl sites for hydroxylation is 1. The number of sulfonamides is 1. The predicted molar refractivity (Wildman–Crippen MR) is 67.5 cm³/mol. The highest BCUT2D eigenvalue weighted by molar-refractivity contribution is 7.89. The van der Waals surface area contributed by atoms with Gasteiger partial charge in [0.1, 0.15) is 4.90 Å². The lowest BCUT2D eigenvalue weighted by atomic mass is 10.4. The number of nitrogens with one attached hydrogen (secondary N) is 2. The topological polar surface area (TPSA) is 110 Å². The highest BCUT2D eigenvalue weighted by Crippen LogP contribution is 2.16. The Kier molecular flexibility index (Phi) is 5.73. The van der Waals surface area contributed by atoms with Crippen LogP contribution in [0.5, 0.6) is 0 Å². The number of hydrogen-bond acceptors (Lipinski definition) is 5. The number of aromatic nitrogens is 2. The average Bonchev–Trinajstić information content (AvgIpc) is 2.71. The molecule has 0 fully saturated rings. The fraction of sp³-hybridized carbons (Fsp3) is 0.700. The molecule has 0 atom stereocenters. The first-order valence-corrected chi connectivity index (χ1v) is 7.32. The number of hydrogen-bond donors (Lipinski definition) is 3. The molecule has 0 radical (unpaired) electrons. The Morgan fingerprint density at radius 3 is 2.83 bits per heavy atom. The third kappa shape index (κ3) is 3.77. The third-order valence-electron chi connectivity index (χ3n) is 2.38. The SMILES string of the molecule is CCOCCCNS(=O)(=O)c1c(CN)n[nH]c1C. The van der Waals surface area contributed by atoms with Gasteiger partial charge in [0, 0.05) is 26.3 Å². The van der Waals surface area contributed by atoms with E-state index in [-0.39, 0.29) is 11.4 Å². The number of nitrogens with zero attached hydrogens (tertiary/aromatic N) is 1. The third-order valence-corrected chi connectivity index (χ3v) is 4.05. The van der Waals surface area contributed by atoms with Gasteiger partial charge in [0.2, 0.25) is 10.0 Å². The van der Waals surface area contributed by atoms with Crippen LogP contribution in [0.3, 0.4) is 0 Å². The van der Waals surface area contributed by atoms with Crippen molar-refractivity contribution in [1.82, 2.24) is 14.9 Å². The maximum absolute atomic E-state index is 12.1. The van der Waals surface area contributed by atoms with Crippen molar-refractivity contribution < 1.29 is 13.2 Å². The van der Waals surface area contributed by atoms with Crippen molar-refractivity contribution in [3.05, 3.63) is 11.4 Å². The summed E-state index contributed by atoms with van der Waals surface area (Å²) in [5.41, 5.74) is 6.31. The lowest BCUT2D eigenvalue weighted by Gasteiger charge is -2.07. The van der Waals surface area contributed by atoms with E-state index in [1.165, 1.54) is 0 Å². The maximum Gasteiger partial charge on any atom is 0.244 e. The van der Waals surface area contributed by atoms with Gasteiger partial charge in [-0.2, -0.15) is 5.10 Å². The van der Waals surface area contributed by atoms with Crippen LogP contribution in [-0.4, -0.2) is 38.4 Å². The molecule has 1 aromatic heterocycles. The minimum absolute atomic E-state index is 0.0829. The van der Waals surface area contributed by atoms with E-state index in [1.807, 2.05) is 6.92 Å². The van der Waals surface area contributed by atoms with Gasteiger partial charge in [0.05, 0.1) is 11.4 Å². The first-order chi connectivity index (χ1) is 8.53. The van der Waals surface area contributed by atoms with E-state index < -0.39 is 10.0 Å². The molecule has 18 heavy (non-hydrogen) atoms. The van der Waals surface area contributed by atoms with Gasteiger partial charge in [-0.15, -0.1) is 0 Å². The van der Waals surface area contributed by atoms with Crippen molar-refractivity contribution in [1.29, 1.82) is 0 Å². The fourth-order valence-corrected chi connectivity index (χ4v) is 3.01. The second-order valence-electron chi connectivity index (χ2n) is 3.78. The number of rotatable bonds is 8. The van der Waals surface area contributed by atoms with Crippen molar-refractivity contribution in [2.75, 3.05) is 19.8 Å². The zero-order valence-electron chi connectivity index (χ0n) is 10.7. The molecular formula is C10H20N4O3S. The number of aromatic amines is 1. The van der Waals surface area contributed by atoms with Gasteiger partial charge in [-0.25, -0.2) is 13.1 Å². The molecule has 1 heterocycles. The highest BCUT2D eigenvalue weighted by atomic mass is 32.2. The zero-order chi connectivity index (χ0) is 13.6. The molecule has 7 nitrogen and oxygen atoms in total. The molecule has 1 aromatic rings. The van der Waals surface area contributed by atoms with E-state index in [0.29, 0.717) is 37.6 Å². The monoisotopic (exact) mass is 276 g/mol. The Hall–Kier alpha value is -0.960. The van der Waals surface area contributed by atoms with Crippen LogP contribution in [0.4, 0.5) is 0 Å². The molecule has 0 aliphatic carbocycles. The largest absolute Gasteiger partial charge is 0.382 e. The van der Waals surface area contributed by atoms with Crippen molar-refractivity contribution in [3.63, 3.8) is 0 Å². The minimum atomic E-state index is -3.56. The molecule has 0 aliphatic rings. The normalized spacial score (nSPS) is 11.9. The molecule has 0 spiro atoms. The van der Waals surface area contributed by atoms with Crippen LogP contribution < -0.4 is 10.5 Å². The van der Waals surface area contributed by atoms with Crippen LogP contribution in [0.2, 0.25) is 0 Å². The van der Waals surface area contributed by atoms with Crippen molar-refractivity contribution in [2.45, 2.75) is 31.7 Å². The highest BCUT2D eigenvalue weighted by Gasteiger charge is 2.22. The summed E-state index contributed by atoms with van der Waals surface area (Å²) in [6.45, 7) is 5.13. The first kappa shape index (κ1) is 15.1. The predicted octanol–water partition coefficient (Wildman–Crippen LogP) is -0.118. The Morgan fingerprint density at radius 1 is 1.50 bits per heavy atom. The Bertz CT molecular complexity index is 469. The Labute approximate surface area is 107 Å². The van der Waals surface area contributed by atoms with Crippen LogP contribution >= 0.6 is 0 Å². The average molecular weight is 276 g/mol. The second-order valence-corrected chi connectivity index (χ2v) is 5.48. The van der Waals surface area contributed by atoms with Crippen molar-refractivity contribution in [3.8, 4) is 0 Å². The van der Waals surface area contributed by atoms with Gasteiger partial charge in [-0.3, -0.25) is 5.10 Å². The quantitative estimate of drug-likeness (QED) is 0.573. The molecule has 0 unspecified atom stereocenters. The van der Waals surface area contributed by atoms with Gasteiger partial charge < -0.3 is 10.5 Å². The van der Waals surface area contributed by atoms with Crippen molar-refractivity contribution >= 4 is 10.0 Å². The van der Waals surface area contributed by atoms with Crippen LogP contribution in [0.25, 0.3) is 0 Å². The maximum atomic E-state index is 12.1. The van der Waals surface area contributed by atoms with Gasteiger partial charge in [0.15, 0.2) is 0 Å². The van der Waals surface area contributed by atoms with Gasteiger partial charge in [-0.1, -0.05) is 0 Å². The summed E-state index contributed by atoms with van der Waals surface area (Å²) in [6.07, 6.45) is 0.627. The lowest BCUT2D eigenvalue weighted by molar-refractivity contribution is 0.146. The molecule has 0 aromatic carbocycles. The summed E-state index contributed by atoms with van der Waals surface area (Å²) in [6, 6.07) is 0. The summed E-state index contributed by atoms with van der Waals surface area (Å²) in [7, 11) is -3.56. The molecule has 0 saturated heterocycles. The van der Waals surface area contributed by atoms with Crippen LogP contribution in [0.15, 0.2) is 4.90 Å².